The number of hydrogen-bond donors (Lipinski definition) is 2. The van der Waals surface area contributed by atoms with Gasteiger partial charge in [0.05, 0.1) is 18.3 Å². The molecule has 0 fully saturated rings. The summed E-state index contributed by atoms with van der Waals surface area (Å²) in [5, 5.41) is 10.3. The first-order valence-electron chi connectivity index (χ1n) is 7.96. The van der Waals surface area contributed by atoms with Crippen molar-refractivity contribution in [3.63, 3.8) is 0 Å². The number of rotatable bonds is 5. The molecule has 132 valence electrons. The highest BCUT2D eigenvalue weighted by atomic mass is 35.5. The van der Waals surface area contributed by atoms with Crippen molar-refractivity contribution in [3.8, 4) is 0 Å². The highest BCUT2D eigenvalue weighted by molar-refractivity contribution is 6.31. The minimum Gasteiger partial charge on any atom is -0.326 e. The molecule has 0 aliphatic carbocycles. The summed E-state index contributed by atoms with van der Waals surface area (Å²) in [6.45, 7) is 1.91. The molecular weight excluding hydrogens is 352 g/mol. The fraction of sp³-hybridized carbons (Fsp3) is 0.105. The monoisotopic (exact) mass is 368 g/mol. The number of amides is 2. The lowest BCUT2D eigenvalue weighted by molar-refractivity contribution is -0.114. The first-order chi connectivity index (χ1) is 12.5. The molecule has 0 spiro atoms. The number of carbonyl (C=O) groups is 2. The second-order valence-corrected chi connectivity index (χ2v) is 6.14. The summed E-state index contributed by atoms with van der Waals surface area (Å²) in [5.41, 5.74) is 2.55. The van der Waals surface area contributed by atoms with E-state index >= 15 is 0 Å². The number of carbonyl (C=O) groups excluding carboxylic acids is 2. The second kappa shape index (κ2) is 7.84. The molecule has 0 atom stereocenters. The highest BCUT2D eigenvalue weighted by Gasteiger charge is 2.10. The van der Waals surface area contributed by atoms with Crippen LogP contribution in [0.25, 0.3) is 0 Å². The number of anilines is 2. The molecule has 0 bridgehead atoms. The van der Waals surface area contributed by atoms with E-state index in [1.165, 1.54) is 13.1 Å². The minimum atomic E-state index is -0.282. The van der Waals surface area contributed by atoms with E-state index in [1.54, 1.807) is 35.1 Å². The number of halogens is 1. The molecule has 0 aliphatic rings. The van der Waals surface area contributed by atoms with Gasteiger partial charge < -0.3 is 10.6 Å². The van der Waals surface area contributed by atoms with Crippen LogP contribution in [0.1, 0.15) is 22.8 Å². The molecule has 1 heterocycles. The quantitative estimate of drug-likeness (QED) is 0.719. The Labute approximate surface area is 155 Å². The van der Waals surface area contributed by atoms with E-state index in [-0.39, 0.29) is 11.8 Å². The fourth-order valence-electron chi connectivity index (χ4n) is 2.45. The largest absolute Gasteiger partial charge is 0.326 e. The summed E-state index contributed by atoms with van der Waals surface area (Å²) in [6.07, 6.45) is 3.17. The third-order valence-electron chi connectivity index (χ3n) is 3.63. The molecule has 0 saturated heterocycles. The van der Waals surface area contributed by atoms with E-state index < -0.39 is 0 Å². The van der Waals surface area contributed by atoms with Gasteiger partial charge in [0.25, 0.3) is 5.91 Å². The first kappa shape index (κ1) is 17.7. The summed E-state index contributed by atoms with van der Waals surface area (Å²) >= 11 is 6.15. The molecule has 0 radical (unpaired) electrons. The topological polar surface area (TPSA) is 76.0 Å². The molecule has 2 amide bonds. The van der Waals surface area contributed by atoms with Crippen LogP contribution in [0, 0.1) is 0 Å². The lowest BCUT2D eigenvalue weighted by Gasteiger charge is -2.07. The molecule has 6 nitrogen and oxygen atoms in total. The molecule has 0 unspecified atom stereocenters. The Bertz CT molecular complexity index is 952. The van der Waals surface area contributed by atoms with Crippen molar-refractivity contribution in [2.75, 3.05) is 10.6 Å². The van der Waals surface area contributed by atoms with Crippen LogP contribution in [0.5, 0.6) is 0 Å². The third kappa shape index (κ3) is 4.49. The Kier molecular flexibility index (Phi) is 5.34. The van der Waals surface area contributed by atoms with Crippen molar-refractivity contribution in [2.45, 2.75) is 13.5 Å². The standard InChI is InChI=1S/C19H17ClN4O2/c1-13(25)22-16-6-4-7-17(9-16)23-19(26)15-10-21-24(12-15)11-14-5-2-3-8-18(14)20/h2-10,12H,11H2,1H3,(H,22,25)(H,23,26). The van der Waals surface area contributed by atoms with E-state index in [0.29, 0.717) is 28.5 Å². The Morgan fingerprint density at radius 2 is 1.81 bits per heavy atom. The summed E-state index contributed by atoms with van der Waals surface area (Å²) in [6, 6.07) is 14.4. The van der Waals surface area contributed by atoms with E-state index in [9.17, 15) is 9.59 Å². The van der Waals surface area contributed by atoms with E-state index in [1.807, 2.05) is 24.3 Å². The smallest absolute Gasteiger partial charge is 0.258 e. The molecule has 7 heteroatoms. The van der Waals surface area contributed by atoms with Crippen molar-refractivity contribution in [1.82, 2.24) is 9.78 Å². The molecule has 0 saturated carbocycles. The Hall–Kier alpha value is -3.12. The zero-order chi connectivity index (χ0) is 18.5. The SMILES string of the molecule is CC(=O)Nc1cccc(NC(=O)c2cnn(Cc3ccccc3Cl)c2)c1. The predicted octanol–water partition coefficient (Wildman–Crippen LogP) is 3.80. The van der Waals surface area contributed by atoms with Gasteiger partial charge in [0.2, 0.25) is 5.91 Å². The Balaban J connectivity index is 1.68. The number of hydrogen-bond acceptors (Lipinski definition) is 3. The molecule has 2 aromatic carbocycles. The van der Waals surface area contributed by atoms with Crippen molar-refractivity contribution in [2.24, 2.45) is 0 Å². The van der Waals surface area contributed by atoms with Crippen molar-refractivity contribution in [1.29, 1.82) is 0 Å². The van der Waals surface area contributed by atoms with Crippen molar-refractivity contribution in [3.05, 3.63) is 77.1 Å². The molecule has 3 aromatic rings. The van der Waals surface area contributed by atoms with Gasteiger partial charge in [0.15, 0.2) is 0 Å². The van der Waals surface area contributed by atoms with Crippen LogP contribution in [-0.4, -0.2) is 21.6 Å². The lowest BCUT2D eigenvalue weighted by Crippen LogP contribution is -2.12. The number of nitrogens with one attached hydrogen (secondary N) is 2. The number of aromatic nitrogens is 2. The summed E-state index contributed by atoms with van der Waals surface area (Å²) in [7, 11) is 0. The molecule has 0 aliphatic heterocycles. The van der Waals surface area contributed by atoms with Crippen molar-refractivity contribution >= 4 is 34.8 Å². The van der Waals surface area contributed by atoms with Crippen LogP contribution in [0.4, 0.5) is 11.4 Å². The summed E-state index contributed by atoms with van der Waals surface area (Å²) in [5.74, 6) is -0.454. The normalized spacial score (nSPS) is 10.4. The maximum absolute atomic E-state index is 12.4. The fourth-order valence-corrected chi connectivity index (χ4v) is 2.65. The van der Waals surface area contributed by atoms with Gasteiger partial charge in [-0.05, 0) is 29.8 Å². The van der Waals surface area contributed by atoms with E-state index in [2.05, 4.69) is 15.7 Å². The third-order valence-corrected chi connectivity index (χ3v) is 4.00. The summed E-state index contributed by atoms with van der Waals surface area (Å²) < 4.78 is 1.66. The van der Waals surface area contributed by atoms with Gasteiger partial charge in [-0.1, -0.05) is 35.9 Å². The van der Waals surface area contributed by atoms with Gasteiger partial charge in [-0.15, -0.1) is 0 Å². The molecule has 1 aromatic heterocycles. The van der Waals surface area contributed by atoms with Crippen LogP contribution in [0.2, 0.25) is 5.02 Å². The van der Waals surface area contributed by atoms with Gasteiger partial charge in [-0.3, -0.25) is 14.3 Å². The van der Waals surface area contributed by atoms with E-state index in [4.69, 9.17) is 11.6 Å². The predicted molar refractivity (Wildman–Crippen MR) is 101 cm³/mol. The Morgan fingerprint density at radius 3 is 2.54 bits per heavy atom. The molecular formula is C19H17ClN4O2. The van der Waals surface area contributed by atoms with Crippen LogP contribution in [0.15, 0.2) is 60.9 Å². The number of benzene rings is 2. The second-order valence-electron chi connectivity index (χ2n) is 5.73. The van der Waals surface area contributed by atoms with Gasteiger partial charge in [-0.2, -0.15) is 5.10 Å². The van der Waals surface area contributed by atoms with Crippen LogP contribution < -0.4 is 10.6 Å². The van der Waals surface area contributed by atoms with Crippen molar-refractivity contribution < 1.29 is 9.59 Å². The zero-order valence-corrected chi connectivity index (χ0v) is 14.8. The Morgan fingerprint density at radius 1 is 1.08 bits per heavy atom. The summed E-state index contributed by atoms with van der Waals surface area (Å²) in [4.78, 5) is 23.5. The maximum atomic E-state index is 12.4. The maximum Gasteiger partial charge on any atom is 0.258 e. The number of nitrogens with zero attached hydrogens (tertiary/aromatic N) is 2. The molecule has 3 rings (SSSR count). The van der Waals surface area contributed by atoms with Gasteiger partial charge in [0.1, 0.15) is 0 Å². The average molecular weight is 369 g/mol. The van der Waals surface area contributed by atoms with Gasteiger partial charge in [0, 0.05) is 29.5 Å². The van der Waals surface area contributed by atoms with Gasteiger partial charge >= 0.3 is 0 Å². The van der Waals surface area contributed by atoms with E-state index in [0.717, 1.165) is 5.56 Å². The molecule has 2 N–H and O–H groups in total. The van der Waals surface area contributed by atoms with Crippen LogP contribution in [0.3, 0.4) is 0 Å². The van der Waals surface area contributed by atoms with Crippen LogP contribution in [-0.2, 0) is 11.3 Å². The first-order valence-corrected chi connectivity index (χ1v) is 8.34. The zero-order valence-electron chi connectivity index (χ0n) is 14.1. The minimum absolute atomic E-state index is 0.172. The average Bonchev–Trinajstić information content (AvgIpc) is 3.05. The van der Waals surface area contributed by atoms with Crippen LogP contribution >= 0.6 is 11.6 Å². The lowest BCUT2D eigenvalue weighted by atomic mass is 10.2. The highest BCUT2D eigenvalue weighted by Crippen LogP contribution is 2.18. The van der Waals surface area contributed by atoms with Gasteiger partial charge in [-0.25, -0.2) is 0 Å². The molecule has 26 heavy (non-hydrogen) atoms.